The number of fused-ring (bicyclic) bond motifs is 2. The Kier molecular flexibility index (Phi) is 5.03. The summed E-state index contributed by atoms with van der Waals surface area (Å²) in [6, 6.07) is 15.6. The van der Waals surface area contributed by atoms with Gasteiger partial charge in [0.1, 0.15) is 5.52 Å². The summed E-state index contributed by atoms with van der Waals surface area (Å²) in [5, 5.41) is 5.05. The van der Waals surface area contributed by atoms with Gasteiger partial charge in [0.05, 0.1) is 17.2 Å². The zero-order chi connectivity index (χ0) is 23.4. The van der Waals surface area contributed by atoms with Crippen molar-refractivity contribution >= 4 is 34.3 Å². The molecule has 2 fully saturated rings. The molecule has 2 aromatic carbocycles. The Morgan fingerprint density at radius 1 is 1.12 bits per heavy atom. The Bertz CT molecular complexity index is 1400. The molecule has 1 N–H and O–H groups in total. The largest absolute Gasteiger partial charge is 0.441 e. The van der Waals surface area contributed by atoms with Gasteiger partial charge >= 0.3 is 0 Å². The summed E-state index contributed by atoms with van der Waals surface area (Å²) in [5.74, 6) is 1.39. The Morgan fingerprint density at radius 3 is 2.76 bits per heavy atom. The predicted octanol–water partition coefficient (Wildman–Crippen LogP) is 5.06. The first-order valence-electron chi connectivity index (χ1n) is 11.6. The van der Waals surface area contributed by atoms with Crippen molar-refractivity contribution in [2.75, 3.05) is 13.1 Å². The van der Waals surface area contributed by atoms with Gasteiger partial charge < -0.3 is 14.6 Å². The minimum Gasteiger partial charge on any atom is -0.441 e. The number of nitrogens with one attached hydrogen (secondary N) is 1. The number of para-hydroxylation sites is 1. The van der Waals surface area contributed by atoms with Gasteiger partial charge in [-0.3, -0.25) is 9.59 Å². The van der Waals surface area contributed by atoms with Crippen LogP contribution in [0.1, 0.15) is 38.6 Å². The first kappa shape index (κ1) is 21.1. The number of benzene rings is 2. The molecular weight excluding hydrogens is 446 g/mol. The SMILES string of the molecule is Cc1ccc(-c2sccc2C(=O)N2C[C@@H]3C[C@@H]3[C@H]2CNC(=O)c2cccc3oc(C)nc23)cc1. The van der Waals surface area contributed by atoms with E-state index in [1.165, 1.54) is 5.56 Å². The third kappa shape index (κ3) is 3.60. The second-order valence-corrected chi connectivity index (χ2v) is 10.2. The zero-order valence-electron chi connectivity index (χ0n) is 19.1. The van der Waals surface area contributed by atoms with Crippen LogP contribution in [0.4, 0.5) is 0 Å². The Labute approximate surface area is 201 Å². The summed E-state index contributed by atoms with van der Waals surface area (Å²) in [5.41, 5.74) is 4.67. The van der Waals surface area contributed by atoms with Crippen LogP contribution in [-0.4, -0.2) is 40.8 Å². The summed E-state index contributed by atoms with van der Waals surface area (Å²) in [6.07, 6.45) is 1.12. The lowest BCUT2D eigenvalue weighted by Crippen LogP contribution is -2.45. The van der Waals surface area contributed by atoms with E-state index in [-0.39, 0.29) is 17.9 Å². The average Bonchev–Trinajstić information content (AvgIpc) is 3.16. The molecule has 172 valence electrons. The fourth-order valence-electron chi connectivity index (χ4n) is 5.16. The number of thiophene rings is 1. The highest BCUT2D eigenvalue weighted by Gasteiger charge is 2.54. The lowest BCUT2D eigenvalue weighted by molar-refractivity contribution is 0.0696. The molecule has 2 aromatic heterocycles. The highest BCUT2D eigenvalue weighted by atomic mass is 32.1. The average molecular weight is 472 g/mol. The molecule has 2 aliphatic rings. The van der Waals surface area contributed by atoms with E-state index in [1.54, 1.807) is 30.4 Å². The molecule has 34 heavy (non-hydrogen) atoms. The van der Waals surface area contributed by atoms with Crippen LogP contribution in [0.15, 0.2) is 58.3 Å². The quantitative estimate of drug-likeness (QED) is 0.441. The van der Waals surface area contributed by atoms with Gasteiger partial charge in [0, 0.05) is 24.9 Å². The minimum atomic E-state index is -0.189. The van der Waals surface area contributed by atoms with Crippen molar-refractivity contribution < 1.29 is 14.0 Å². The summed E-state index contributed by atoms with van der Waals surface area (Å²) in [6.45, 7) is 5.02. The molecule has 6 rings (SSSR count). The second kappa shape index (κ2) is 8.09. The molecule has 4 aromatic rings. The number of nitrogens with zero attached hydrogens (tertiary/aromatic N) is 2. The van der Waals surface area contributed by atoms with Gasteiger partial charge in [0.15, 0.2) is 11.5 Å². The van der Waals surface area contributed by atoms with Gasteiger partial charge in [0.25, 0.3) is 11.8 Å². The third-order valence-electron chi connectivity index (χ3n) is 7.02. The number of amides is 2. The van der Waals surface area contributed by atoms with Crippen LogP contribution in [-0.2, 0) is 0 Å². The van der Waals surface area contributed by atoms with Gasteiger partial charge in [0.2, 0.25) is 0 Å². The van der Waals surface area contributed by atoms with Crippen LogP contribution in [0, 0.1) is 25.7 Å². The van der Waals surface area contributed by atoms with Gasteiger partial charge in [-0.05, 0) is 54.3 Å². The number of aromatic nitrogens is 1. The third-order valence-corrected chi connectivity index (χ3v) is 7.98. The normalized spacial score (nSPS) is 21.0. The summed E-state index contributed by atoms with van der Waals surface area (Å²) in [4.78, 5) is 34.0. The number of hydrogen-bond acceptors (Lipinski definition) is 5. The topological polar surface area (TPSA) is 75.4 Å². The molecule has 0 bridgehead atoms. The maximum atomic E-state index is 13.6. The maximum Gasteiger partial charge on any atom is 0.255 e. The number of hydrogen-bond donors (Lipinski definition) is 1. The molecule has 1 aliphatic carbocycles. The van der Waals surface area contributed by atoms with Crippen molar-refractivity contribution in [1.29, 1.82) is 0 Å². The van der Waals surface area contributed by atoms with Crippen LogP contribution in [0.3, 0.4) is 0 Å². The van der Waals surface area contributed by atoms with E-state index >= 15 is 0 Å². The number of oxazole rings is 1. The predicted molar refractivity (Wildman–Crippen MR) is 132 cm³/mol. The smallest absolute Gasteiger partial charge is 0.255 e. The molecule has 6 nitrogen and oxygen atoms in total. The van der Waals surface area contributed by atoms with Crippen LogP contribution < -0.4 is 5.32 Å². The van der Waals surface area contributed by atoms with Gasteiger partial charge in [-0.15, -0.1) is 11.3 Å². The molecule has 3 heterocycles. The number of carbonyl (C=O) groups is 2. The van der Waals surface area contributed by atoms with Crippen molar-refractivity contribution in [3.05, 3.63) is 76.5 Å². The van der Waals surface area contributed by atoms with Crippen molar-refractivity contribution in [2.45, 2.75) is 26.3 Å². The van der Waals surface area contributed by atoms with Crippen molar-refractivity contribution in [1.82, 2.24) is 15.2 Å². The Hall–Kier alpha value is -3.45. The van der Waals surface area contributed by atoms with E-state index in [2.05, 4.69) is 41.5 Å². The number of likely N-dealkylation sites (tertiary alicyclic amines) is 1. The van der Waals surface area contributed by atoms with Crippen LogP contribution in [0.2, 0.25) is 0 Å². The zero-order valence-corrected chi connectivity index (χ0v) is 19.9. The molecule has 0 radical (unpaired) electrons. The fraction of sp³-hybridized carbons (Fsp3) is 0.296. The molecule has 1 saturated heterocycles. The van der Waals surface area contributed by atoms with E-state index in [1.807, 2.05) is 22.4 Å². The second-order valence-electron chi connectivity index (χ2n) is 9.31. The molecule has 2 amide bonds. The molecule has 0 unspecified atom stereocenters. The van der Waals surface area contributed by atoms with E-state index in [9.17, 15) is 9.59 Å². The first-order valence-corrected chi connectivity index (χ1v) is 12.5. The van der Waals surface area contributed by atoms with E-state index in [0.717, 1.165) is 29.0 Å². The number of piperidine rings is 1. The Morgan fingerprint density at radius 2 is 1.94 bits per heavy atom. The van der Waals surface area contributed by atoms with Crippen LogP contribution >= 0.6 is 11.3 Å². The lowest BCUT2D eigenvalue weighted by atomic mass is 10.1. The summed E-state index contributed by atoms with van der Waals surface area (Å²) < 4.78 is 5.56. The van der Waals surface area contributed by atoms with Gasteiger partial charge in [-0.2, -0.15) is 0 Å². The van der Waals surface area contributed by atoms with Gasteiger partial charge in [-0.25, -0.2) is 4.98 Å². The van der Waals surface area contributed by atoms with Crippen molar-refractivity contribution in [3.63, 3.8) is 0 Å². The van der Waals surface area contributed by atoms with Gasteiger partial charge in [-0.1, -0.05) is 35.9 Å². The molecule has 1 aliphatic heterocycles. The number of carbonyl (C=O) groups excluding carboxylic acids is 2. The first-order chi connectivity index (χ1) is 16.5. The van der Waals surface area contributed by atoms with Crippen molar-refractivity contribution in [3.8, 4) is 10.4 Å². The van der Waals surface area contributed by atoms with E-state index in [4.69, 9.17) is 4.42 Å². The molecule has 1 saturated carbocycles. The summed E-state index contributed by atoms with van der Waals surface area (Å²) >= 11 is 1.59. The van der Waals surface area contributed by atoms with E-state index in [0.29, 0.717) is 40.9 Å². The Balaban J connectivity index is 1.21. The lowest BCUT2D eigenvalue weighted by Gasteiger charge is -2.28. The number of rotatable bonds is 5. The molecule has 3 atom stereocenters. The fourth-order valence-corrected chi connectivity index (χ4v) is 6.06. The monoisotopic (exact) mass is 471 g/mol. The van der Waals surface area contributed by atoms with Crippen molar-refractivity contribution in [2.24, 2.45) is 11.8 Å². The van der Waals surface area contributed by atoms with E-state index < -0.39 is 0 Å². The number of aryl methyl sites for hydroxylation is 2. The van der Waals surface area contributed by atoms with Crippen LogP contribution in [0.25, 0.3) is 21.5 Å². The highest BCUT2D eigenvalue weighted by molar-refractivity contribution is 7.14. The molecule has 0 spiro atoms. The summed E-state index contributed by atoms with van der Waals surface area (Å²) in [7, 11) is 0. The maximum absolute atomic E-state index is 13.6. The molecular formula is C27H25N3O3S. The molecule has 7 heteroatoms. The standard InChI is InChI=1S/C27H25N3O3S/c1-15-6-8-17(9-7-15)25-20(10-11-34-25)27(32)30-14-18-12-21(18)22(30)13-28-26(31)19-4-3-5-23-24(19)29-16(2)33-23/h3-11,18,21-22H,12-14H2,1-2H3,(H,28,31)/t18-,21-,22+/m0/s1. The van der Waals surface area contributed by atoms with Crippen LogP contribution in [0.5, 0.6) is 0 Å². The highest BCUT2D eigenvalue weighted by Crippen LogP contribution is 2.50. The minimum absolute atomic E-state index is 0.00506.